The molecule has 1 aliphatic carbocycles. The second-order valence-electron chi connectivity index (χ2n) is 5.27. The number of hydrogen-bond donors (Lipinski definition) is 2. The first-order valence-electron chi connectivity index (χ1n) is 6.39. The molecule has 1 saturated heterocycles. The van der Waals surface area contributed by atoms with Crippen LogP contribution in [0.3, 0.4) is 0 Å². The van der Waals surface area contributed by atoms with Gasteiger partial charge in [0, 0.05) is 6.04 Å². The first-order chi connectivity index (χ1) is 8.96. The third kappa shape index (κ3) is 2.35. The van der Waals surface area contributed by atoms with Gasteiger partial charge in [0.15, 0.2) is 9.84 Å². The highest BCUT2D eigenvalue weighted by Crippen LogP contribution is 2.36. The molecule has 1 aromatic carbocycles. The Labute approximate surface area is 112 Å². The van der Waals surface area contributed by atoms with E-state index in [1.165, 1.54) is 0 Å². The Morgan fingerprint density at radius 3 is 2.79 bits per heavy atom. The Hall–Kier alpha value is -1.11. The fraction of sp³-hybridized carbons (Fsp3) is 0.538. The monoisotopic (exact) mass is 283 g/mol. The molecule has 2 aliphatic rings. The summed E-state index contributed by atoms with van der Waals surface area (Å²) in [7, 11) is -3.19. The minimum absolute atomic E-state index is 0.0239. The van der Waals surface area contributed by atoms with Crippen molar-refractivity contribution in [2.24, 2.45) is 5.73 Å². The zero-order chi connectivity index (χ0) is 13.6. The SMILES string of the molecule is NC1CCc2c(OC3CS(=O)(=O)CC3O)cccc21. The Morgan fingerprint density at radius 2 is 2.11 bits per heavy atom. The normalized spacial score (nSPS) is 32.2. The number of ether oxygens (including phenoxy) is 1. The average Bonchev–Trinajstić information content (AvgIpc) is 2.81. The largest absolute Gasteiger partial charge is 0.486 e. The number of aliphatic hydroxyl groups excluding tert-OH is 1. The molecule has 5 nitrogen and oxygen atoms in total. The van der Waals surface area contributed by atoms with E-state index in [1.54, 1.807) is 0 Å². The zero-order valence-electron chi connectivity index (χ0n) is 10.5. The molecule has 3 rings (SSSR count). The molecule has 1 aromatic rings. The number of benzene rings is 1. The number of hydrogen-bond acceptors (Lipinski definition) is 5. The fourth-order valence-corrected chi connectivity index (χ4v) is 4.50. The van der Waals surface area contributed by atoms with Crippen LogP contribution in [0.1, 0.15) is 23.6 Å². The topological polar surface area (TPSA) is 89.6 Å². The molecule has 1 fully saturated rings. The van der Waals surface area contributed by atoms with Gasteiger partial charge in [-0.1, -0.05) is 12.1 Å². The van der Waals surface area contributed by atoms with Gasteiger partial charge in [-0.3, -0.25) is 0 Å². The quantitative estimate of drug-likeness (QED) is 0.807. The van der Waals surface area contributed by atoms with Gasteiger partial charge in [-0.2, -0.15) is 0 Å². The minimum Gasteiger partial charge on any atom is -0.486 e. The van der Waals surface area contributed by atoms with Gasteiger partial charge in [-0.05, 0) is 30.0 Å². The van der Waals surface area contributed by atoms with Crippen LogP contribution in [0.25, 0.3) is 0 Å². The summed E-state index contributed by atoms with van der Waals surface area (Å²) in [6, 6.07) is 5.67. The predicted molar refractivity (Wildman–Crippen MR) is 70.8 cm³/mol. The van der Waals surface area contributed by atoms with E-state index in [9.17, 15) is 13.5 Å². The van der Waals surface area contributed by atoms with Gasteiger partial charge >= 0.3 is 0 Å². The Morgan fingerprint density at radius 1 is 1.32 bits per heavy atom. The molecule has 0 aromatic heterocycles. The Bertz CT molecular complexity index is 599. The fourth-order valence-electron chi connectivity index (χ4n) is 2.84. The van der Waals surface area contributed by atoms with Crippen molar-refractivity contribution in [3.8, 4) is 5.75 Å². The predicted octanol–water partition coefficient (Wildman–Crippen LogP) is 0.169. The number of fused-ring (bicyclic) bond motifs is 1. The van der Waals surface area contributed by atoms with Gasteiger partial charge in [0.1, 0.15) is 18.0 Å². The van der Waals surface area contributed by atoms with E-state index in [0.29, 0.717) is 5.75 Å². The molecular formula is C13H17NO4S. The molecule has 0 bridgehead atoms. The van der Waals surface area contributed by atoms with Gasteiger partial charge < -0.3 is 15.6 Å². The van der Waals surface area contributed by atoms with Crippen LogP contribution in [0.4, 0.5) is 0 Å². The summed E-state index contributed by atoms with van der Waals surface area (Å²) in [4.78, 5) is 0. The number of aliphatic hydroxyl groups is 1. The summed E-state index contributed by atoms with van der Waals surface area (Å²) in [6.45, 7) is 0. The van der Waals surface area contributed by atoms with Gasteiger partial charge in [0.25, 0.3) is 0 Å². The Kier molecular flexibility index (Phi) is 3.03. The van der Waals surface area contributed by atoms with Crippen LogP contribution < -0.4 is 10.5 Å². The molecule has 0 saturated carbocycles. The average molecular weight is 283 g/mol. The van der Waals surface area contributed by atoms with Gasteiger partial charge in [-0.25, -0.2) is 8.42 Å². The van der Waals surface area contributed by atoms with Crippen LogP contribution in [-0.4, -0.2) is 37.2 Å². The highest BCUT2D eigenvalue weighted by Gasteiger charge is 2.38. The molecule has 3 unspecified atom stereocenters. The molecule has 19 heavy (non-hydrogen) atoms. The van der Waals surface area contributed by atoms with Crippen molar-refractivity contribution in [1.82, 2.24) is 0 Å². The summed E-state index contributed by atoms with van der Waals surface area (Å²) >= 11 is 0. The molecule has 0 spiro atoms. The number of sulfone groups is 1. The van der Waals surface area contributed by atoms with Crippen molar-refractivity contribution in [3.63, 3.8) is 0 Å². The lowest BCUT2D eigenvalue weighted by atomic mass is 10.1. The molecule has 104 valence electrons. The van der Waals surface area contributed by atoms with E-state index in [1.807, 2.05) is 18.2 Å². The Balaban J connectivity index is 1.86. The number of nitrogens with two attached hydrogens (primary N) is 1. The standard InChI is InChI=1S/C13H17NO4S/c14-10-5-4-9-8(10)2-1-3-12(9)18-13-7-19(16,17)6-11(13)15/h1-3,10-11,13,15H,4-7,14H2. The smallest absolute Gasteiger partial charge is 0.156 e. The van der Waals surface area contributed by atoms with Gasteiger partial charge in [-0.15, -0.1) is 0 Å². The van der Waals surface area contributed by atoms with E-state index >= 15 is 0 Å². The first kappa shape index (κ1) is 12.9. The van der Waals surface area contributed by atoms with E-state index in [4.69, 9.17) is 10.5 Å². The van der Waals surface area contributed by atoms with Crippen LogP contribution >= 0.6 is 0 Å². The maximum absolute atomic E-state index is 11.5. The summed E-state index contributed by atoms with van der Waals surface area (Å²) in [6.07, 6.45) is 0.0907. The van der Waals surface area contributed by atoms with Gasteiger partial charge in [0.2, 0.25) is 0 Å². The van der Waals surface area contributed by atoms with E-state index < -0.39 is 22.0 Å². The van der Waals surface area contributed by atoms with Crippen LogP contribution in [0, 0.1) is 0 Å². The molecule has 0 radical (unpaired) electrons. The van der Waals surface area contributed by atoms with Crippen molar-refractivity contribution >= 4 is 9.84 Å². The molecule has 1 heterocycles. The zero-order valence-corrected chi connectivity index (χ0v) is 11.3. The minimum atomic E-state index is -3.19. The third-order valence-electron chi connectivity index (χ3n) is 3.82. The lowest BCUT2D eigenvalue weighted by Crippen LogP contribution is -2.30. The van der Waals surface area contributed by atoms with Crippen LogP contribution in [0.15, 0.2) is 18.2 Å². The maximum Gasteiger partial charge on any atom is 0.156 e. The maximum atomic E-state index is 11.5. The van der Waals surface area contributed by atoms with Crippen LogP contribution in [0.5, 0.6) is 5.75 Å². The van der Waals surface area contributed by atoms with Crippen molar-refractivity contribution in [1.29, 1.82) is 0 Å². The summed E-state index contributed by atoms with van der Waals surface area (Å²) in [5, 5.41) is 9.76. The summed E-state index contributed by atoms with van der Waals surface area (Å²) < 4.78 is 28.7. The molecule has 0 amide bonds. The van der Waals surface area contributed by atoms with Crippen molar-refractivity contribution in [2.75, 3.05) is 11.5 Å². The first-order valence-corrected chi connectivity index (χ1v) is 8.21. The molecule has 1 aliphatic heterocycles. The van der Waals surface area contributed by atoms with Crippen molar-refractivity contribution in [2.45, 2.75) is 31.1 Å². The van der Waals surface area contributed by atoms with Crippen LogP contribution in [0.2, 0.25) is 0 Å². The molecular weight excluding hydrogens is 266 g/mol. The highest BCUT2D eigenvalue weighted by atomic mass is 32.2. The summed E-state index contributed by atoms with van der Waals surface area (Å²) in [5.41, 5.74) is 8.10. The lowest BCUT2D eigenvalue weighted by molar-refractivity contribution is 0.0732. The van der Waals surface area contributed by atoms with E-state index in [0.717, 1.165) is 24.0 Å². The summed E-state index contributed by atoms with van der Waals surface area (Å²) in [5.74, 6) is 0.322. The second kappa shape index (κ2) is 4.47. The lowest BCUT2D eigenvalue weighted by Gasteiger charge is -2.18. The molecule has 3 N–H and O–H groups in total. The second-order valence-corrected chi connectivity index (χ2v) is 7.42. The van der Waals surface area contributed by atoms with Crippen molar-refractivity contribution < 1.29 is 18.3 Å². The third-order valence-corrected chi connectivity index (χ3v) is 5.51. The number of rotatable bonds is 2. The van der Waals surface area contributed by atoms with Crippen LogP contribution in [-0.2, 0) is 16.3 Å². The van der Waals surface area contributed by atoms with E-state index in [-0.39, 0.29) is 17.5 Å². The van der Waals surface area contributed by atoms with Gasteiger partial charge in [0.05, 0.1) is 11.5 Å². The molecule has 6 heteroatoms. The van der Waals surface area contributed by atoms with Crippen molar-refractivity contribution in [3.05, 3.63) is 29.3 Å². The van der Waals surface area contributed by atoms with E-state index in [2.05, 4.69) is 0 Å². The highest BCUT2D eigenvalue weighted by molar-refractivity contribution is 7.91. The molecule has 3 atom stereocenters.